The lowest BCUT2D eigenvalue weighted by molar-refractivity contribution is 0.660. The topological polar surface area (TPSA) is 6.48 Å². The molecule has 664 valence electrons. The predicted octanol–water partition coefficient (Wildman–Crippen LogP) is 38.3. The van der Waals surface area contributed by atoms with Gasteiger partial charge in [0.05, 0.1) is 0 Å². The molecule has 2 aliphatic carbocycles. The van der Waals surface area contributed by atoms with Crippen LogP contribution in [0.2, 0.25) is 0 Å². The second-order valence-electron chi connectivity index (χ2n) is 37.9. The third-order valence-electron chi connectivity index (χ3n) is 28.7. The van der Waals surface area contributed by atoms with Crippen LogP contribution in [-0.2, 0) is 10.8 Å². The summed E-state index contributed by atoms with van der Waals surface area (Å²) in [4.78, 5) is 4.82. The number of nitrogens with zero attached hydrogens (tertiary/aromatic N) is 2. The molecular formula is C138H102N2. The maximum atomic E-state index is 2.43. The quantitative estimate of drug-likeness (QED) is 0.0750. The SMILES string of the molecule is CC1(C)c2cc(-c3ccc(-c4ccc(-c5ccccc5)cc4)cc3)ccc2-c2ccc(N(c3ccc(-c4ccc(-c5ccccc5)cc4)cc3)c3ccc(-c4cccc(-c5ccccc5)c4)cc3)cc21.CC1(C)c2cc(-c3ccc(-c4ccc(-c5ccccc5)cc4)cc3)ccc2-c2ccc(N(c3ccc(-c4cccc(-c5ccccc5)c4)cc3)c3ccc(-c4cccc(-c5ccccc5)c4)cc3)cc21. The molecule has 0 amide bonds. The van der Waals surface area contributed by atoms with Gasteiger partial charge < -0.3 is 9.80 Å². The van der Waals surface area contributed by atoms with Crippen LogP contribution in [-0.4, -0.2) is 0 Å². The molecule has 140 heavy (non-hydrogen) atoms. The molecule has 24 rings (SSSR count). The van der Waals surface area contributed by atoms with Crippen molar-refractivity contribution in [2.45, 2.75) is 38.5 Å². The van der Waals surface area contributed by atoms with E-state index in [0.717, 1.165) is 34.1 Å². The highest BCUT2D eigenvalue weighted by Gasteiger charge is 2.39. The lowest BCUT2D eigenvalue weighted by Crippen LogP contribution is -2.16. The second-order valence-corrected chi connectivity index (χ2v) is 37.9. The number of rotatable bonds is 20. The van der Waals surface area contributed by atoms with Crippen molar-refractivity contribution >= 4 is 34.1 Å². The fraction of sp³-hybridized carbons (Fsp3) is 0.0435. The summed E-state index contributed by atoms with van der Waals surface area (Å²) in [6.45, 7) is 9.53. The van der Waals surface area contributed by atoms with Crippen LogP contribution in [0, 0.1) is 0 Å². The van der Waals surface area contributed by atoms with Crippen LogP contribution in [0.4, 0.5) is 34.1 Å². The highest BCUT2D eigenvalue weighted by atomic mass is 15.1. The molecule has 0 aliphatic heterocycles. The molecule has 2 heteroatoms. The molecule has 0 N–H and O–H groups in total. The summed E-state index contributed by atoms with van der Waals surface area (Å²) in [6, 6.07) is 199. The van der Waals surface area contributed by atoms with E-state index in [9.17, 15) is 0 Å². The van der Waals surface area contributed by atoms with E-state index in [1.165, 1.54) is 200 Å². The van der Waals surface area contributed by atoms with E-state index in [1.807, 2.05) is 0 Å². The van der Waals surface area contributed by atoms with Crippen LogP contribution in [0.25, 0.3) is 178 Å². The van der Waals surface area contributed by atoms with Gasteiger partial charge in [0.25, 0.3) is 0 Å². The molecule has 0 saturated heterocycles. The Labute approximate surface area is 822 Å². The predicted molar refractivity (Wildman–Crippen MR) is 593 cm³/mol. The third-order valence-corrected chi connectivity index (χ3v) is 28.7. The fourth-order valence-corrected chi connectivity index (χ4v) is 20.9. The first-order valence-corrected chi connectivity index (χ1v) is 48.6. The third kappa shape index (κ3) is 17.4. The highest BCUT2D eigenvalue weighted by Crippen LogP contribution is 2.55. The summed E-state index contributed by atoms with van der Waals surface area (Å²) in [5.74, 6) is 0. The molecule has 0 radical (unpaired) electrons. The standard InChI is InChI=1S/2C69H51N/c1-69(2)67-46-61(54-30-28-53(29-31-54)52-26-24-51(25-27-52)48-14-6-3-7-15-48)36-42-65(67)66-43-41-64(47-68(66)69)70(62-37-32-55(33-38-62)59-22-12-20-57(44-59)49-16-8-4-9-17-49)63-39-34-56(35-40-63)60-23-13-21-58(45-60)50-18-10-5-11-19-50;1-69(2)67-46-61(57-31-29-54(30-32-57)53-25-21-51(22-26-53)48-13-6-3-7-14-48)37-43-65(67)66-44-42-64(47-68(66)69)70(62-38-33-56(34-39-62)55-27-23-52(24-28-55)49-15-8-4-9-16-49)63-40-35-58(36-41-63)60-20-12-19-59(45-60)50-17-10-5-11-18-50/h2*3-47H,1-2H3. The second kappa shape index (κ2) is 37.6. The zero-order valence-corrected chi connectivity index (χ0v) is 78.9. The fourth-order valence-electron chi connectivity index (χ4n) is 20.9. The van der Waals surface area contributed by atoms with Gasteiger partial charge in [-0.15, -0.1) is 0 Å². The zero-order valence-electron chi connectivity index (χ0n) is 78.9. The van der Waals surface area contributed by atoms with Crippen LogP contribution in [0.5, 0.6) is 0 Å². The van der Waals surface area contributed by atoms with Gasteiger partial charge in [-0.05, 0) is 303 Å². The van der Waals surface area contributed by atoms with Crippen molar-refractivity contribution in [3.05, 3.63) is 568 Å². The Morgan fingerprint density at radius 3 is 0.436 bits per heavy atom. The Morgan fingerprint density at radius 2 is 0.236 bits per heavy atom. The summed E-state index contributed by atoms with van der Waals surface area (Å²) in [5.41, 5.74) is 50.8. The molecule has 22 aromatic carbocycles. The zero-order chi connectivity index (χ0) is 94.0. The summed E-state index contributed by atoms with van der Waals surface area (Å²) < 4.78 is 0. The van der Waals surface area contributed by atoms with Crippen LogP contribution >= 0.6 is 0 Å². The molecule has 0 unspecified atom stereocenters. The monoisotopic (exact) mass is 1790 g/mol. The summed E-state index contributed by atoms with van der Waals surface area (Å²) in [6.07, 6.45) is 0. The minimum atomic E-state index is -0.218. The molecule has 0 aromatic heterocycles. The molecule has 0 spiro atoms. The average molecular weight is 1790 g/mol. The van der Waals surface area contributed by atoms with Crippen molar-refractivity contribution in [1.29, 1.82) is 0 Å². The van der Waals surface area contributed by atoms with E-state index in [-0.39, 0.29) is 10.8 Å². The first-order valence-electron chi connectivity index (χ1n) is 48.6. The molecule has 0 fully saturated rings. The van der Waals surface area contributed by atoms with Crippen LogP contribution in [0.1, 0.15) is 49.9 Å². The van der Waals surface area contributed by atoms with Gasteiger partial charge in [0, 0.05) is 45.0 Å². The van der Waals surface area contributed by atoms with E-state index < -0.39 is 0 Å². The maximum Gasteiger partial charge on any atom is 0.0465 e. The van der Waals surface area contributed by atoms with Gasteiger partial charge in [0.2, 0.25) is 0 Å². The Hall–Kier alpha value is -17.6. The highest BCUT2D eigenvalue weighted by molar-refractivity contribution is 5.93. The van der Waals surface area contributed by atoms with Gasteiger partial charge in [0.1, 0.15) is 0 Å². The van der Waals surface area contributed by atoms with Crippen molar-refractivity contribution < 1.29 is 0 Å². The molecule has 0 atom stereocenters. The Morgan fingerprint density at radius 1 is 0.107 bits per heavy atom. The molecule has 0 heterocycles. The largest absolute Gasteiger partial charge is 0.310 e. The first kappa shape index (κ1) is 86.6. The van der Waals surface area contributed by atoms with Gasteiger partial charge in [0.15, 0.2) is 0 Å². The van der Waals surface area contributed by atoms with Gasteiger partial charge in [-0.3, -0.25) is 0 Å². The van der Waals surface area contributed by atoms with Crippen molar-refractivity contribution in [2.24, 2.45) is 0 Å². The number of hydrogen-bond acceptors (Lipinski definition) is 2. The summed E-state index contributed by atoms with van der Waals surface area (Å²) >= 11 is 0. The molecule has 2 aliphatic rings. The minimum Gasteiger partial charge on any atom is -0.310 e. The molecule has 0 saturated carbocycles. The normalized spacial score (nSPS) is 12.3. The summed E-state index contributed by atoms with van der Waals surface area (Å²) in [5, 5.41) is 0. The van der Waals surface area contributed by atoms with Crippen LogP contribution < -0.4 is 9.80 Å². The molecule has 2 nitrogen and oxygen atoms in total. The molecule has 22 aromatic rings. The van der Waals surface area contributed by atoms with Gasteiger partial charge in [-0.25, -0.2) is 0 Å². The Bertz CT molecular complexity index is 8060. The first-order chi connectivity index (χ1) is 68.8. The Balaban J connectivity index is 0.000000156. The van der Waals surface area contributed by atoms with Crippen molar-refractivity contribution in [3.63, 3.8) is 0 Å². The number of anilines is 6. The van der Waals surface area contributed by atoms with E-state index in [1.54, 1.807) is 0 Å². The molecular weight excluding hydrogens is 1690 g/mol. The van der Waals surface area contributed by atoms with E-state index in [4.69, 9.17) is 0 Å². The van der Waals surface area contributed by atoms with Gasteiger partial charge >= 0.3 is 0 Å². The minimum absolute atomic E-state index is 0.216. The van der Waals surface area contributed by atoms with E-state index in [2.05, 4.69) is 583 Å². The number of fused-ring (bicyclic) bond motifs is 6. The maximum absolute atomic E-state index is 2.43. The summed E-state index contributed by atoms with van der Waals surface area (Å²) in [7, 11) is 0. The lowest BCUT2D eigenvalue weighted by Gasteiger charge is -2.28. The van der Waals surface area contributed by atoms with Gasteiger partial charge in [-0.2, -0.15) is 0 Å². The smallest absolute Gasteiger partial charge is 0.0465 e. The van der Waals surface area contributed by atoms with Crippen LogP contribution in [0.15, 0.2) is 546 Å². The lowest BCUT2D eigenvalue weighted by atomic mass is 9.81. The van der Waals surface area contributed by atoms with E-state index >= 15 is 0 Å². The van der Waals surface area contributed by atoms with Crippen LogP contribution in [0.3, 0.4) is 0 Å². The van der Waals surface area contributed by atoms with Crippen molar-refractivity contribution in [2.75, 3.05) is 9.80 Å². The van der Waals surface area contributed by atoms with Crippen molar-refractivity contribution in [1.82, 2.24) is 0 Å². The van der Waals surface area contributed by atoms with Gasteiger partial charge in [-0.1, -0.05) is 471 Å². The Kier molecular flexibility index (Phi) is 23.2. The number of hydrogen-bond donors (Lipinski definition) is 0. The van der Waals surface area contributed by atoms with E-state index in [0.29, 0.717) is 0 Å². The number of benzene rings is 22. The van der Waals surface area contributed by atoms with Crippen molar-refractivity contribution in [3.8, 4) is 178 Å². The average Bonchev–Trinajstić information content (AvgIpc) is 1.57. The molecule has 0 bridgehead atoms.